The Morgan fingerprint density at radius 2 is 1.85 bits per heavy atom. The van der Waals surface area contributed by atoms with E-state index in [1.165, 1.54) is 0 Å². The monoisotopic (exact) mass is 363 g/mol. The minimum Gasteiger partial charge on any atom is -0.447 e. The molecule has 1 aliphatic carbocycles. The lowest BCUT2D eigenvalue weighted by Gasteiger charge is -2.22. The van der Waals surface area contributed by atoms with Gasteiger partial charge in [-0.3, -0.25) is 9.59 Å². The summed E-state index contributed by atoms with van der Waals surface area (Å²) in [6, 6.07) is 15.0. The minimum atomic E-state index is -0.968. The Bertz CT molecular complexity index is 842. The zero-order valence-corrected chi connectivity index (χ0v) is 15.8. The lowest BCUT2D eigenvalue weighted by atomic mass is 9.94. The molecular formula is C23H25NO3. The highest BCUT2D eigenvalue weighted by molar-refractivity contribution is 5.96. The summed E-state index contributed by atoms with van der Waals surface area (Å²) >= 11 is 0. The third-order valence-electron chi connectivity index (χ3n) is 4.83. The average Bonchev–Trinajstić information content (AvgIpc) is 2.70. The smallest absolute Gasteiger partial charge is 0.310 e. The van der Waals surface area contributed by atoms with Crippen molar-refractivity contribution in [1.82, 2.24) is 0 Å². The summed E-state index contributed by atoms with van der Waals surface area (Å²) in [6.45, 7) is 3.91. The Morgan fingerprint density at radius 1 is 1.07 bits per heavy atom. The van der Waals surface area contributed by atoms with E-state index in [1.54, 1.807) is 12.1 Å². The molecule has 0 heterocycles. The van der Waals surface area contributed by atoms with E-state index in [2.05, 4.69) is 11.4 Å². The SMILES string of the molecule is Cc1ccc(C)c(NC(=O)[C@H](OC(=O)[C@H]2CC=CCC2)c2ccccc2)c1. The first-order chi connectivity index (χ1) is 13.0. The van der Waals surface area contributed by atoms with E-state index >= 15 is 0 Å². The summed E-state index contributed by atoms with van der Waals surface area (Å²) < 4.78 is 5.70. The van der Waals surface area contributed by atoms with Crippen LogP contribution in [-0.4, -0.2) is 11.9 Å². The minimum absolute atomic E-state index is 0.185. The van der Waals surface area contributed by atoms with Gasteiger partial charge in [0, 0.05) is 11.3 Å². The van der Waals surface area contributed by atoms with Crippen molar-refractivity contribution >= 4 is 17.6 Å². The molecule has 0 aliphatic heterocycles. The molecule has 1 aliphatic rings. The molecule has 0 radical (unpaired) electrons. The number of carbonyl (C=O) groups is 2. The van der Waals surface area contributed by atoms with Crippen LogP contribution in [0.25, 0.3) is 0 Å². The van der Waals surface area contributed by atoms with Crippen molar-refractivity contribution < 1.29 is 14.3 Å². The normalized spacial score (nSPS) is 17.2. The summed E-state index contributed by atoms with van der Waals surface area (Å²) in [5.41, 5.74) is 3.42. The number of ether oxygens (including phenoxy) is 1. The number of allylic oxidation sites excluding steroid dienone is 2. The largest absolute Gasteiger partial charge is 0.447 e. The van der Waals surface area contributed by atoms with E-state index in [1.807, 2.05) is 56.3 Å². The van der Waals surface area contributed by atoms with Gasteiger partial charge in [0.1, 0.15) is 0 Å². The standard InChI is InChI=1S/C23H25NO3/c1-16-13-14-17(2)20(15-16)24-22(25)21(18-9-5-3-6-10-18)27-23(26)19-11-7-4-8-12-19/h3-7,9-10,13-15,19,21H,8,11-12H2,1-2H3,(H,24,25)/t19-,21+/m0/s1. The summed E-state index contributed by atoms with van der Waals surface area (Å²) in [5.74, 6) is -0.839. The molecule has 3 rings (SSSR count). The first-order valence-electron chi connectivity index (χ1n) is 9.33. The van der Waals surface area contributed by atoms with Crippen molar-refractivity contribution in [3.63, 3.8) is 0 Å². The van der Waals surface area contributed by atoms with Crippen LogP contribution in [0.2, 0.25) is 0 Å². The predicted molar refractivity (Wildman–Crippen MR) is 106 cm³/mol. The van der Waals surface area contributed by atoms with Gasteiger partial charge >= 0.3 is 5.97 Å². The second kappa shape index (κ2) is 8.67. The number of anilines is 1. The maximum absolute atomic E-state index is 13.0. The number of esters is 1. The molecule has 0 spiro atoms. The zero-order valence-electron chi connectivity index (χ0n) is 15.8. The summed E-state index contributed by atoms with van der Waals surface area (Å²) in [6.07, 6.45) is 5.40. The highest BCUT2D eigenvalue weighted by Gasteiger charge is 2.29. The first kappa shape index (κ1) is 18.9. The lowest BCUT2D eigenvalue weighted by Crippen LogP contribution is -2.29. The molecule has 4 nitrogen and oxygen atoms in total. The van der Waals surface area contributed by atoms with Crippen LogP contribution in [0.4, 0.5) is 5.69 Å². The van der Waals surface area contributed by atoms with Gasteiger partial charge in [0.05, 0.1) is 5.92 Å². The van der Waals surface area contributed by atoms with Gasteiger partial charge in [0.25, 0.3) is 5.91 Å². The molecule has 2 atom stereocenters. The maximum atomic E-state index is 13.0. The predicted octanol–water partition coefficient (Wildman–Crippen LogP) is 4.88. The van der Waals surface area contributed by atoms with Crippen LogP contribution in [0.1, 0.15) is 42.1 Å². The Kier molecular flexibility index (Phi) is 6.07. The van der Waals surface area contributed by atoms with Gasteiger partial charge in [-0.1, -0.05) is 54.6 Å². The van der Waals surface area contributed by atoms with Gasteiger partial charge in [-0.25, -0.2) is 0 Å². The van der Waals surface area contributed by atoms with E-state index in [4.69, 9.17) is 4.74 Å². The molecule has 0 aromatic heterocycles. The van der Waals surface area contributed by atoms with Crippen LogP contribution in [0, 0.1) is 19.8 Å². The van der Waals surface area contributed by atoms with Gasteiger partial charge in [0.15, 0.2) is 0 Å². The summed E-state index contributed by atoms with van der Waals surface area (Å²) in [5, 5.41) is 2.93. The van der Waals surface area contributed by atoms with Crippen LogP contribution in [-0.2, 0) is 14.3 Å². The van der Waals surface area contributed by atoms with Gasteiger partial charge < -0.3 is 10.1 Å². The van der Waals surface area contributed by atoms with Gasteiger partial charge in [-0.05, 0) is 50.3 Å². The van der Waals surface area contributed by atoms with E-state index in [0.29, 0.717) is 12.0 Å². The fraction of sp³-hybridized carbons (Fsp3) is 0.304. The quantitative estimate of drug-likeness (QED) is 0.608. The molecule has 0 saturated carbocycles. The molecule has 2 aromatic rings. The van der Waals surface area contributed by atoms with Crippen molar-refractivity contribution in [2.24, 2.45) is 5.92 Å². The second-order valence-corrected chi connectivity index (χ2v) is 7.02. The molecule has 0 bridgehead atoms. The first-order valence-corrected chi connectivity index (χ1v) is 9.33. The molecule has 27 heavy (non-hydrogen) atoms. The Morgan fingerprint density at radius 3 is 2.56 bits per heavy atom. The van der Waals surface area contributed by atoms with E-state index in [-0.39, 0.29) is 17.8 Å². The molecule has 1 amide bonds. The molecule has 140 valence electrons. The van der Waals surface area contributed by atoms with Crippen molar-refractivity contribution in [3.8, 4) is 0 Å². The highest BCUT2D eigenvalue weighted by atomic mass is 16.5. The fourth-order valence-corrected chi connectivity index (χ4v) is 3.19. The zero-order chi connectivity index (χ0) is 19.2. The molecule has 2 aromatic carbocycles. The number of carbonyl (C=O) groups excluding carboxylic acids is 2. The fourth-order valence-electron chi connectivity index (χ4n) is 3.19. The third-order valence-corrected chi connectivity index (χ3v) is 4.83. The topological polar surface area (TPSA) is 55.4 Å². The van der Waals surface area contributed by atoms with Gasteiger partial charge in [-0.15, -0.1) is 0 Å². The van der Waals surface area contributed by atoms with Crippen molar-refractivity contribution in [2.45, 2.75) is 39.2 Å². The number of hydrogen-bond acceptors (Lipinski definition) is 3. The van der Waals surface area contributed by atoms with Crippen LogP contribution in [0.15, 0.2) is 60.7 Å². The third kappa shape index (κ3) is 4.85. The summed E-state index contributed by atoms with van der Waals surface area (Å²) in [4.78, 5) is 25.6. The number of benzene rings is 2. The number of nitrogens with one attached hydrogen (secondary N) is 1. The molecule has 0 fully saturated rings. The number of amides is 1. The van der Waals surface area contributed by atoms with E-state index in [0.717, 1.165) is 29.7 Å². The van der Waals surface area contributed by atoms with Crippen molar-refractivity contribution in [3.05, 3.63) is 77.4 Å². The maximum Gasteiger partial charge on any atom is 0.310 e. The molecule has 4 heteroatoms. The van der Waals surface area contributed by atoms with Crippen molar-refractivity contribution in [2.75, 3.05) is 5.32 Å². The Hall–Kier alpha value is -2.88. The number of hydrogen-bond donors (Lipinski definition) is 1. The molecule has 0 unspecified atom stereocenters. The number of aryl methyl sites for hydroxylation is 2. The van der Waals surface area contributed by atoms with Gasteiger partial charge in [0.2, 0.25) is 6.10 Å². The van der Waals surface area contributed by atoms with E-state index in [9.17, 15) is 9.59 Å². The van der Waals surface area contributed by atoms with Crippen LogP contribution in [0.5, 0.6) is 0 Å². The Labute approximate surface area is 160 Å². The van der Waals surface area contributed by atoms with Crippen LogP contribution >= 0.6 is 0 Å². The van der Waals surface area contributed by atoms with Gasteiger partial charge in [-0.2, -0.15) is 0 Å². The van der Waals surface area contributed by atoms with Crippen LogP contribution < -0.4 is 5.32 Å². The van der Waals surface area contributed by atoms with Crippen molar-refractivity contribution in [1.29, 1.82) is 0 Å². The molecule has 0 saturated heterocycles. The number of rotatable bonds is 5. The highest BCUT2D eigenvalue weighted by Crippen LogP contribution is 2.26. The Balaban J connectivity index is 1.81. The van der Waals surface area contributed by atoms with E-state index < -0.39 is 6.10 Å². The molecule has 1 N–H and O–H groups in total. The molecular weight excluding hydrogens is 338 g/mol. The lowest BCUT2D eigenvalue weighted by molar-refractivity contribution is -0.159. The summed E-state index contributed by atoms with van der Waals surface area (Å²) in [7, 11) is 0. The van der Waals surface area contributed by atoms with Crippen LogP contribution in [0.3, 0.4) is 0 Å². The second-order valence-electron chi connectivity index (χ2n) is 7.02. The average molecular weight is 363 g/mol.